The fourth-order valence-corrected chi connectivity index (χ4v) is 1.61. The van der Waals surface area contributed by atoms with Crippen molar-refractivity contribution >= 4 is 11.9 Å². The van der Waals surface area contributed by atoms with Crippen molar-refractivity contribution in [2.24, 2.45) is 10.9 Å². The van der Waals surface area contributed by atoms with Crippen molar-refractivity contribution in [1.82, 2.24) is 0 Å². The molecule has 0 amide bonds. The number of cyclic esters (lactones) is 1. The molecule has 1 fully saturated rings. The Morgan fingerprint density at radius 1 is 1.25 bits per heavy atom. The van der Waals surface area contributed by atoms with E-state index in [0.29, 0.717) is 17.5 Å². The fraction of sp³-hybridized carbons (Fsp3) is 0.231. The molecule has 0 radical (unpaired) electrons. The molecule has 0 aromatic heterocycles. The SMILES string of the molecule is O=C1OC(c2ccccc2)=N/C1=C\C1CC1. The lowest BCUT2D eigenvalue weighted by atomic mass is 10.2. The number of ether oxygens (including phenoxy) is 1. The fourth-order valence-electron chi connectivity index (χ4n) is 1.61. The Hall–Kier alpha value is -1.90. The summed E-state index contributed by atoms with van der Waals surface area (Å²) in [7, 11) is 0. The van der Waals surface area contributed by atoms with Gasteiger partial charge < -0.3 is 4.74 Å². The van der Waals surface area contributed by atoms with Crippen LogP contribution < -0.4 is 0 Å². The van der Waals surface area contributed by atoms with Crippen molar-refractivity contribution < 1.29 is 9.53 Å². The van der Waals surface area contributed by atoms with E-state index in [0.717, 1.165) is 18.4 Å². The van der Waals surface area contributed by atoms with E-state index in [4.69, 9.17) is 4.74 Å². The van der Waals surface area contributed by atoms with Crippen molar-refractivity contribution in [3.05, 3.63) is 47.7 Å². The zero-order valence-corrected chi connectivity index (χ0v) is 8.72. The van der Waals surface area contributed by atoms with E-state index in [1.165, 1.54) is 0 Å². The Morgan fingerprint density at radius 2 is 2.00 bits per heavy atom. The predicted molar refractivity (Wildman–Crippen MR) is 59.9 cm³/mol. The highest BCUT2D eigenvalue weighted by molar-refractivity contribution is 6.11. The van der Waals surface area contributed by atoms with Crippen molar-refractivity contribution in [2.75, 3.05) is 0 Å². The van der Waals surface area contributed by atoms with Gasteiger partial charge in [-0.15, -0.1) is 0 Å². The molecule has 80 valence electrons. The van der Waals surface area contributed by atoms with E-state index in [1.54, 1.807) is 0 Å². The van der Waals surface area contributed by atoms with Gasteiger partial charge in [0.15, 0.2) is 0 Å². The van der Waals surface area contributed by atoms with Gasteiger partial charge in [0.1, 0.15) is 5.70 Å². The molecular formula is C13H11NO2. The third-order valence-corrected chi connectivity index (χ3v) is 2.66. The van der Waals surface area contributed by atoms with Gasteiger partial charge in [-0.3, -0.25) is 0 Å². The van der Waals surface area contributed by atoms with Gasteiger partial charge >= 0.3 is 5.97 Å². The zero-order chi connectivity index (χ0) is 11.0. The van der Waals surface area contributed by atoms with Gasteiger partial charge in [-0.2, -0.15) is 0 Å². The quantitative estimate of drug-likeness (QED) is 0.558. The predicted octanol–water partition coefficient (Wildman–Crippen LogP) is 2.28. The third-order valence-electron chi connectivity index (χ3n) is 2.66. The van der Waals surface area contributed by atoms with Crippen LogP contribution in [0.3, 0.4) is 0 Å². The Morgan fingerprint density at radius 3 is 2.69 bits per heavy atom. The van der Waals surface area contributed by atoms with Crippen LogP contribution in [0.5, 0.6) is 0 Å². The maximum absolute atomic E-state index is 11.5. The molecule has 1 aliphatic heterocycles. The van der Waals surface area contributed by atoms with Gasteiger partial charge in [0.25, 0.3) is 0 Å². The Balaban J connectivity index is 1.90. The average molecular weight is 213 g/mol. The number of benzene rings is 1. The highest BCUT2D eigenvalue weighted by atomic mass is 16.6. The second-order valence-electron chi connectivity index (χ2n) is 4.06. The molecule has 1 aliphatic carbocycles. The van der Waals surface area contributed by atoms with Crippen LogP contribution in [-0.2, 0) is 9.53 Å². The lowest BCUT2D eigenvalue weighted by Gasteiger charge is -1.97. The Bertz CT molecular complexity index is 484. The van der Waals surface area contributed by atoms with E-state index in [2.05, 4.69) is 4.99 Å². The molecule has 1 heterocycles. The normalized spacial score (nSPS) is 22.1. The summed E-state index contributed by atoms with van der Waals surface area (Å²) >= 11 is 0. The molecule has 3 heteroatoms. The van der Waals surface area contributed by atoms with Gasteiger partial charge in [-0.05, 0) is 37.0 Å². The summed E-state index contributed by atoms with van der Waals surface area (Å²) in [6, 6.07) is 9.47. The van der Waals surface area contributed by atoms with Crippen LogP contribution in [-0.4, -0.2) is 11.9 Å². The van der Waals surface area contributed by atoms with Crippen molar-refractivity contribution in [3.8, 4) is 0 Å². The first-order valence-electron chi connectivity index (χ1n) is 5.41. The maximum atomic E-state index is 11.5. The van der Waals surface area contributed by atoms with Gasteiger partial charge in [0, 0.05) is 5.56 Å². The number of aliphatic imine (C=N–C) groups is 1. The zero-order valence-electron chi connectivity index (χ0n) is 8.72. The first-order valence-corrected chi connectivity index (χ1v) is 5.41. The molecule has 1 aromatic carbocycles. The summed E-state index contributed by atoms with van der Waals surface area (Å²) < 4.78 is 5.13. The van der Waals surface area contributed by atoms with Crippen LogP contribution in [0.1, 0.15) is 18.4 Å². The summed E-state index contributed by atoms with van der Waals surface area (Å²) in [5.74, 6) is 0.615. The molecule has 0 atom stereocenters. The second kappa shape index (κ2) is 3.59. The number of nitrogens with zero attached hydrogens (tertiary/aromatic N) is 1. The smallest absolute Gasteiger partial charge is 0.363 e. The minimum Gasteiger partial charge on any atom is -0.402 e. The molecule has 0 bridgehead atoms. The van der Waals surface area contributed by atoms with Crippen LogP contribution in [0.4, 0.5) is 0 Å². The molecular weight excluding hydrogens is 202 g/mol. The molecule has 1 aromatic rings. The number of allylic oxidation sites excluding steroid dienone is 1. The molecule has 3 rings (SSSR count). The van der Waals surface area contributed by atoms with Crippen LogP contribution in [0.2, 0.25) is 0 Å². The number of hydrogen-bond acceptors (Lipinski definition) is 3. The van der Waals surface area contributed by atoms with Crippen molar-refractivity contribution in [1.29, 1.82) is 0 Å². The first-order chi connectivity index (χ1) is 7.83. The van der Waals surface area contributed by atoms with Crippen molar-refractivity contribution in [2.45, 2.75) is 12.8 Å². The molecule has 16 heavy (non-hydrogen) atoms. The molecule has 1 saturated carbocycles. The third kappa shape index (κ3) is 1.76. The van der Waals surface area contributed by atoms with Gasteiger partial charge in [-0.1, -0.05) is 18.2 Å². The summed E-state index contributed by atoms with van der Waals surface area (Å²) in [4.78, 5) is 15.7. The first kappa shape index (κ1) is 9.33. The number of carbonyl (C=O) groups is 1. The summed E-state index contributed by atoms with van der Waals surface area (Å²) in [5, 5.41) is 0. The van der Waals surface area contributed by atoms with E-state index < -0.39 is 0 Å². The lowest BCUT2D eigenvalue weighted by molar-refractivity contribution is -0.130. The summed E-state index contributed by atoms with van der Waals surface area (Å²) in [6.07, 6.45) is 4.23. The standard InChI is InChI=1S/C13H11NO2/c15-13-11(8-9-6-7-9)14-12(16-13)10-4-2-1-3-5-10/h1-5,8-9H,6-7H2/b11-8-. The van der Waals surface area contributed by atoms with E-state index in [-0.39, 0.29) is 5.97 Å². The Kier molecular flexibility index (Phi) is 2.10. The minimum atomic E-state index is -0.328. The second-order valence-corrected chi connectivity index (χ2v) is 4.06. The molecule has 0 saturated heterocycles. The molecule has 0 spiro atoms. The summed E-state index contributed by atoms with van der Waals surface area (Å²) in [5.41, 5.74) is 1.30. The Labute approximate surface area is 93.5 Å². The highest BCUT2D eigenvalue weighted by Gasteiger charge is 2.27. The van der Waals surface area contributed by atoms with Gasteiger partial charge in [0.05, 0.1) is 0 Å². The van der Waals surface area contributed by atoms with E-state index in [9.17, 15) is 4.79 Å². The maximum Gasteiger partial charge on any atom is 0.363 e. The molecule has 0 unspecified atom stereocenters. The van der Waals surface area contributed by atoms with Gasteiger partial charge in [-0.25, -0.2) is 9.79 Å². The highest BCUT2D eigenvalue weighted by Crippen LogP contribution is 2.32. The molecule has 2 aliphatic rings. The molecule has 0 N–H and O–H groups in total. The molecule has 3 nitrogen and oxygen atoms in total. The van der Waals surface area contributed by atoms with Crippen LogP contribution in [0, 0.1) is 5.92 Å². The monoisotopic (exact) mass is 213 g/mol. The average Bonchev–Trinajstić information content (AvgIpc) is 3.05. The lowest BCUT2D eigenvalue weighted by Crippen LogP contribution is -2.05. The van der Waals surface area contributed by atoms with Crippen LogP contribution in [0.25, 0.3) is 0 Å². The number of hydrogen-bond donors (Lipinski definition) is 0. The van der Waals surface area contributed by atoms with Crippen LogP contribution >= 0.6 is 0 Å². The minimum absolute atomic E-state index is 0.328. The number of carbonyl (C=O) groups excluding carboxylic acids is 1. The van der Waals surface area contributed by atoms with Gasteiger partial charge in [0.2, 0.25) is 5.90 Å². The number of rotatable bonds is 2. The summed E-state index contributed by atoms with van der Waals surface area (Å²) in [6.45, 7) is 0. The topological polar surface area (TPSA) is 38.7 Å². The van der Waals surface area contributed by atoms with Crippen LogP contribution in [0.15, 0.2) is 47.1 Å². The largest absolute Gasteiger partial charge is 0.402 e. The van der Waals surface area contributed by atoms with E-state index in [1.807, 2.05) is 36.4 Å². The van der Waals surface area contributed by atoms with E-state index >= 15 is 0 Å². The van der Waals surface area contributed by atoms with Crippen molar-refractivity contribution in [3.63, 3.8) is 0 Å². The number of esters is 1.